The molecule has 6 nitrogen and oxygen atoms in total. The zero-order valence-corrected chi connectivity index (χ0v) is 17.3. The summed E-state index contributed by atoms with van der Waals surface area (Å²) in [5, 5.41) is 10.9. The van der Waals surface area contributed by atoms with E-state index in [1.807, 2.05) is 0 Å². The first-order valence-corrected chi connectivity index (χ1v) is 11.0. The average molecular weight is 409 g/mol. The number of thiazole rings is 1. The molecule has 0 spiro atoms. The second-order valence-electron chi connectivity index (χ2n) is 7.53. The van der Waals surface area contributed by atoms with Gasteiger partial charge in [0.1, 0.15) is 6.10 Å². The molecule has 0 N–H and O–H groups in total. The van der Waals surface area contributed by atoms with Crippen LogP contribution in [-0.2, 0) is 9.53 Å². The number of hydrogen-bond donors (Lipinski definition) is 0. The molecule has 0 aliphatic heterocycles. The highest BCUT2D eigenvalue weighted by Gasteiger charge is 2.33. The third kappa shape index (κ3) is 4.99. The number of esters is 1. The average Bonchev–Trinajstić information content (AvgIpc) is 3.01. The smallest absolute Gasteiger partial charge is 0.316 e. The van der Waals surface area contributed by atoms with Gasteiger partial charge < -0.3 is 4.74 Å². The molecule has 1 aliphatic carbocycles. The summed E-state index contributed by atoms with van der Waals surface area (Å²) < 4.78 is 7.28. The second kappa shape index (κ2) is 8.56. The van der Waals surface area contributed by atoms with E-state index in [0.29, 0.717) is 23.3 Å². The van der Waals surface area contributed by atoms with E-state index in [2.05, 4.69) is 25.8 Å². The van der Waals surface area contributed by atoms with Crippen molar-refractivity contribution in [3.8, 4) is 0 Å². The Morgan fingerprint density at radius 2 is 2.22 bits per heavy atom. The van der Waals surface area contributed by atoms with Gasteiger partial charge in [0.15, 0.2) is 4.34 Å². The van der Waals surface area contributed by atoms with Crippen molar-refractivity contribution < 1.29 is 14.5 Å². The maximum Gasteiger partial charge on any atom is 0.316 e. The van der Waals surface area contributed by atoms with E-state index in [1.165, 1.54) is 41.7 Å². The molecule has 8 heteroatoms. The molecule has 1 fully saturated rings. The molecule has 1 heterocycles. The number of carbonyl (C=O) groups is 1. The minimum Gasteiger partial charge on any atom is -0.461 e. The highest BCUT2D eigenvalue weighted by Crippen LogP contribution is 2.36. The molecule has 0 amide bonds. The van der Waals surface area contributed by atoms with Crippen LogP contribution in [0.15, 0.2) is 22.5 Å². The summed E-state index contributed by atoms with van der Waals surface area (Å²) >= 11 is 2.69. The molecule has 0 saturated heterocycles. The van der Waals surface area contributed by atoms with E-state index in [4.69, 9.17) is 4.74 Å². The van der Waals surface area contributed by atoms with E-state index >= 15 is 0 Å². The first-order chi connectivity index (χ1) is 12.8. The van der Waals surface area contributed by atoms with Crippen molar-refractivity contribution in [3.63, 3.8) is 0 Å². The molecule has 0 radical (unpaired) electrons. The van der Waals surface area contributed by atoms with Gasteiger partial charge >= 0.3 is 5.97 Å². The highest BCUT2D eigenvalue weighted by molar-refractivity contribution is 8.01. The van der Waals surface area contributed by atoms with Crippen LogP contribution in [0.5, 0.6) is 0 Å². The van der Waals surface area contributed by atoms with Crippen LogP contribution in [0.25, 0.3) is 10.2 Å². The van der Waals surface area contributed by atoms with Crippen LogP contribution in [0, 0.1) is 27.9 Å². The number of ether oxygens (including phenoxy) is 1. The summed E-state index contributed by atoms with van der Waals surface area (Å²) in [6, 6.07) is 4.61. The number of carbonyl (C=O) groups excluding carboxylic acids is 1. The fraction of sp³-hybridized carbons (Fsp3) is 0.579. The van der Waals surface area contributed by atoms with Crippen LogP contribution in [0.4, 0.5) is 5.69 Å². The summed E-state index contributed by atoms with van der Waals surface area (Å²) in [5.41, 5.74) is 0.760. The third-order valence-corrected chi connectivity index (χ3v) is 7.26. The predicted molar refractivity (Wildman–Crippen MR) is 108 cm³/mol. The molecule has 1 saturated carbocycles. The molecule has 146 valence electrons. The van der Waals surface area contributed by atoms with E-state index in [0.717, 1.165) is 21.9 Å². The van der Waals surface area contributed by atoms with Crippen LogP contribution in [-0.4, -0.2) is 27.7 Å². The number of fused-ring (bicyclic) bond motifs is 1. The quantitative estimate of drug-likeness (QED) is 0.279. The topological polar surface area (TPSA) is 82.3 Å². The lowest BCUT2D eigenvalue weighted by molar-refractivity contribution is -0.384. The van der Waals surface area contributed by atoms with Crippen LogP contribution in [0.3, 0.4) is 0 Å². The zero-order valence-electron chi connectivity index (χ0n) is 15.7. The minimum absolute atomic E-state index is 0.000123. The number of nitro benzene ring substituents is 1. The Hall–Kier alpha value is -1.67. The monoisotopic (exact) mass is 408 g/mol. The molecular weight excluding hydrogens is 384 g/mol. The number of rotatable bonds is 6. The van der Waals surface area contributed by atoms with Crippen molar-refractivity contribution >= 4 is 45.0 Å². The lowest BCUT2D eigenvalue weighted by Crippen LogP contribution is -2.36. The third-order valence-electron chi connectivity index (χ3n) is 5.12. The normalized spacial score (nSPS) is 22.9. The van der Waals surface area contributed by atoms with Gasteiger partial charge in [0.25, 0.3) is 5.69 Å². The van der Waals surface area contributed by atoms with Crippen molar-refractivity contribution in [1.29, 1.82) is 0 Å². The Morgan fingerprint density at radius 3 is 2.93 bits per heavy atom. The summed E-state index contributed by atoms with van der Waals surface area (Å²) in [7, 11) is 0. The van der Waals surface area contributed by atoms with Crippen molar-refractivity contribution in [3.05, 3.63) is 28.3 Å². The summed E-state index contributed by atoms with van der Waals surface area (Å²) in [5.74, 6) is 1.51. The lowest BCUT2D eigenvalue weighted by atomic mass is 9.75. The zero-order chi connectivity index (χ0) is 19.6. The van der Waals surface area contributed by atoms with Gasteiger partial charge in [-0.05, 0) is 36.7 Å². The van der Waals surface area contributed by atoms with Gasteiger partial charge in [0.05, 0.1) is 20.9 Å². The Morgan fingerprint density at radius 1 is 1.44 bits per heavy atom. The molecular formula is C19H24N2O4S2. The van der Waals surface area contributed by atoms with Gasteiger partial charge in [-0.2, -0.15) is 0 Å². The summed E-state index contributed by atoms with van der Waals surface area (Å²) in [6.45, 7) is 6.60. The Kier molecular flexibility index (Phi) is 6.37. The van der Waals surface area contributed by atoms with E-state index in [9.17, 15) is 14.9 Å². The minimum atomic E-state index is -0.417. The number of non-ortho nitro benzene ring substituents is 1. The van der Waals surface area contributed by atoms with Crippen LogP contribution in [0.1, 0.15) is 40.0 Å². The van der Waals surface area contributed by atoms with Crippen molar-refractivity contribution in [2.24, 2.45) is 17.8 Å². The number of benzene rings is 1. The molecule has 0 unspecified atom stereocenters. The fourth-order valence-electron chi connectivity index (χ4n) is 3.64. The van der Waals surface area contributed by atoms with Crippen molar-refractivity contribution in [2.45, 2.75) is 50.5 Å². The molecule has 2 aromatic rings. The first-order valence-electron chi connectivity index (χ1n) is 9.20. The molecule has 1 aliphatic rings. The van der Waals surface area contributed by atoms with Crippen molar-refractivity contribution in [1.82, 2.24) is 4.98 Å². The maximum atomic E-state index is 12.4. The lowest BCUT2D eigenvalue weighted by Gasteiger charge is -2.36. The molecule has 27 heavy (non-hydrogen) atoms. The predicted octanol–water partition coefficient (Wildman–Crippen LogP) is 5.30. The Labute approximate surface area is 166 Å². The number of nitrogens with zero attached hydrogens (tertiary/aromatic N) is 2. The Bertz CT molecular complexity index is 836. The fourth-order valence-corrected chi connectivity index (χ4v) is 5.53. The standard InChI is InChI=1S/C19H24N2O4S2/c1-11(2)14-6-4-12(3)8-16(14)25-18(22)10-26-19-20-15-7-5-13(21(23)24)9-17(15)27-19/h5,7,9,11-12,14,16H,4,6,8,10H2,1-3H3/t12-,14+,16+/m0/s1. The van der Waals surface area contributed by atoms with Gasteiger partial charge in [-0.25, -0.2) is 4.98 Å². The summed E-state index contributed by atoms with van der Waals surface area (Å²) in [6.07, 6.45) is 3.24. The number of aromatic nitrogens is 1. The molecule has 3 atom stereocenters. The van der Waals surface area contributed by atoms with Crippen LogP contribution >= 0.6 is 23.1 Å². The van der Waals surface area contributed by atoms with Gasteiger partial charge in [0.2, 0.25) is 0 Å². The summed E-state index contributed by atoms with van der Waals surface area (Å²) in [4.78, 5) is 27.3. The number of thioether (sulfide) groups is 1. The molecule has 3 rings (SSSR count). The van der Waals surface area contributed by atoms with Gasteiger partial charge in [0, 0.05) is 12.1 Å². The number of hydrogen-bond acceptors (Lipinski definition) is 7. The SMILES string of the molecule is CC(C)[C@H]1CC[C@H](C)C[C@H]1OC(=O)CSc1nc2ccc([N+](=O)[O-])cc2s1. The van der Waals surface area contributed by atoms with Gasteiger partial charge in [-0.3, -0.25) is 14.9 Å². The van der Waals surface area contributed by atoms with E-state index in [-0.39, 0.29) is 23.5 Å². The Balaban J connectivity index is 1.60. The van der Waals surface area contributed by atoms with E-state index in [1.54, 1.807) is 6.07 Å². The second-order valence-corrected chi connectivity index (χ2v) is 9.79. The first kappa shape index (κ1) is 20.1. The largest absolute Gasteiger partial charge is 0.461 e. The number of nitro groups is 1. The molecule has 1 aromatic carbocycles. The highest BCUT2D eigenvalue weighted by atomic mass is 32.2. The maximum absolute atomic E-state index is 12.4. The van der Waals surface area contributed by atoms with Crippen LogP contribution in [0.2, 0.25) is 0 Å². The molecule has 0 bridgehead atoms. The van der Waals surface area contributed by atoms with Gasteiger partial charge in [-0.1, -0.05) is 39.0 Å². The van der Waals surface area contributed by atoms with Gasteiger partial charge in [-0.15, -0.1) is 11.3 Å². The van der Waals surface area contributed by atoms with E-state index < -0.39 is 4.92 Å². The van der Waals surface area contributed by atoms with Crippen LogP contribution < -0.4 is 0 Å². The van der Waals surface area contributed by atoms with Crippen molar-refractivity contribution in [2.75, 3.05) is 5.75 Å². The molecule has 1 aromatic heterocycles.